The maximum atomic E-state index is 11.7. The van der Waals surface area contributed by atoms with Crippen LogP contribution in [0.2, 0.25) is 0 Å². The zero-order chi connectivity index (χ0) is 18.9. The maximum Gasteiger partial charge on any atom is 1.00 e. The van der Waals surface area contributed by atoms with E-state index < -0.39 is 30.1 Å². The maximum absolute atomic E-state index is 11.7. The number of carbonyl (C=O) groups is 3. The van der Waals surface area contributed by atoms with Gasteiger partial charge in [-0.1, -0.05) is 84.0 Å². The summed E-state index contributed by atoms with van der Waals surface area (Å²) in [4.78, 5) is 32.9. The topological polar surface area (TPSA) is 97.3 Å². The van der Waals surface area contributed by atoms with Crippen LogP contribution < -0.4 is 113 Å². The first-order valence-corrected chi connectivity index (χ1v) is 9.92. The van der Waals surface area contributed by atoms with E-state index in [4.69, 9.17) is 0 Å². The third-order valence-corrected chi connectivity index (χ3v) is 4.57. The van der Waals surface area contributed by atoms with Gasteiger partial charge in [0.25, 0.3) is 0 Å². The second-order valence-electron chi connectivity index (χ2n) is 6.91. The van der Waals surface area contributed by atoms with Crippen LogP contribution in [0.15, 0.2) is 0 Å². The molecule has 0 saturated heterocycles. The zero-order valence-corrected chi connectivity index (χ0v) is 24.0. The molecule has 5 nitrogen and oxygen atoms in total. The Labute approximate surface area is 250 Å². The summed E-state index contributed by atoms with van der Waals surface area (Å²) in [5.74, 6) is -5.29. The monoisotopic (exact) mass is 432 g/mol. The molecule has 0 aliphatic carbocycles. The number of ketones is 1. The smallest absolute Gasteiger partial charge is 0.550 e. The number of carboxylic acid groups (broad SMARTS) is 2. The Bertz CT molecular complexity index is 389. The fourth-order valence-electron chi connectivity index (χ4n) is 2.99. The molecule has 7 heteroatoms. The third-order valence-electron chi connectivity index (χ3n) is 4.57. The molecule has 0 amide bonds. The molecule has 0 aromatic rings. The van der Waals surface area contributed by atoms with Crippen molar-refractivity contribution in [1.82, 2.24) is 0 Å². The van der Waals surface area contributed by atoms with Crippen LogP contribution in [0.25, 0.3) is 0 Å². The van der Waals surface area contributed by atoms with Crippen molar-refractivity contribution in [2.24, 2.45) is 5.92 Å². The number of carbonyl (C=O) groups excluding carboxylic acids is 3. The van der Waals surface area contributed by atoms with Crippen LogP contribution >= 0.6 is 0 Å². The van der Waals surface area contributed by atoms with Gasteiger partial charge in [-0.3, -0.25) is 4.79 Å². The van der Waals surface area contributed by atoms with Crippen molar-refractivity contribution in [3.05, 3.63) is 0 Å². The van der Waals surface area contributed by atoms with Crippen LogP contribution in [0.5, 0.6) is 0 Å². The minimum atomic E-state index is -1.62. The molecule has 1 unspecified atom stereocenters. The van der Waals surface area contributed by atoms with Gasteiger partial charge in [-0.25, -0.2) is 0 Å². The molecule has 0 spiro atoms. The van der Waals surface area contributed by atoms with E-state index in [2.05, 4.69) is 6.92 Å². The SMILES string of the molecule is CCCCCCCCCCCCCCCC(=O)C(CC(=O)[O-])C(=O)[O-].[K+].[K+]. The number of hydrogen-bond acceptors (Lipinski definition) is 5. The molecule has 27 heavy (non-hydrogen) atoms. The Balaban J connectivity index is -0.00000288. The van der Waals surface area contributed by atoms with Crippen molar-refractivity contribution in [2.75, 3.05) is 0 Å². The van der Waals surface area contributed by atoms with Gasteiger partial charge in [0.1, 0.15) is 5.78 Å². The molecule has 146 valence electrons. The molecular formula is C20H34K2O5. The number of unbranched alkanes of at least 4 members (excludes halogenated alkanes) is 12. The first kappa shape index (κ1) is 33.5. The largest absolute Gasteiger partial charge is 1.00 e. The Morgan fingerprint density at radius 1 is 0.667 bits per heavy atom. The second-order valence-corrected chi connectivity index (χ2v) is 6.91. The van der Waals surface area contributed by atoms with E-state index in [1.807, 2.05) is 0 Å². The van der Waals surface area contributed by atoms with Gasteiger partial charge in [-0.15, -0.1) is 0 Å². The normalized spacial score (nSPS) is 11.1. The molecule has 0 saturated carbocycles. The Morgan fingerprint density at radius 2 is 1.04 bits per heavy atom. The average molecular weight is 433 g/mol. The van der Waals surface area contributed by atoms with Crippen molar-refractivity contribution in [3.8, 4) is 0 Å². The molecule has 1 atom stereocenters. The Kier molecular flexibility index (Phi) is 30.0. The fourth-order valence-corrected chi connectivity index (χ4v) is 2.99. The number of hydrogen-bond donors (Lipinski definition) is 0. The summed E-state index contributed by atoms with van der Waals surface area (Å²) in [6.07, 6.45) is 14.7. The molecule has 0 fully saturated rings. The minimum Gasteiger partial charge on any atom is -0.550 e. The Morgan fingerprint density at radius 3 is 1.37 bits per heavy atom. The van der Waals surface area contributed by atoms with Crippen molar-refractivity contribution in [3.63, 3.8) is 0 Å². The van der Waals surface area contributed by atoms with E-state index >= 15 is 0 Å². The van der Waals surface area contributed by atoms with Crippen LogP contribution in [0.4, 0.5) is 0 Å². The first-order chi connectivity index (χ1) is 12.0. The number of aliphatic carboxylic acids is 2. The summed E-state index contributed by atoms with van der Waals surface area (Å²) in [6, 6.07) is 0. The number of carboxylic acids is 2. The number of Topliss-reactive ketones (excluding diaryl/α,β-unsaturated/α-hetero) is 1. The third kappa shape index (κ3) is 22.4. The van der Waals surface area contributed by atoms with Gasteiger partial charge in [-0.05, 0) is 6.42 Å². The van der Waals surface area contributed by atoms with Gasteiger partial charge in [0.05, 0.1) is 11.9 Å². The Hall–Kier alpha value is 1.88. The van der Waals surface area contributed by atoms with Gasteiger partial charge in [-0.2, -0.15) is 0 Å². The summed E-state index contributed by atoms with van der Waals surface area (Å²) in [7, 11) is 0. The predicted octanol–water partition coefficient (Wildman–Crippen LogP) is -3.45. The average Bonchev–Trinajstić information content (AvgIpc) is 2.56. The second kappa shape index (κ2) is 24.2. The molecule has 0 heterocycles. The van der Waals surface area contributed by atoms with E-state index in [1.165, 1.54) is 57.8 Å². The van der Waals surface area contributed by atoms with Crippen molar-refractivity contribution >= 4 is 17.7 Å². The van der Waals surface area contributed by atoms with Crippen LogP contribution in [-0.2, 0) is 14.4 Å². The molecule has 0 radical (unpaired) electrons. The van der Waals surface area contributed by atoms with Crippen molar-refractivity contribution in [1.29, 1.82) is 0 Å². The summed E-state index contributed by atoms with van der Waals surface area (Å²) >= 11 is 0. The predicted molar refractivity (Wildman–Crippen MR) is 93.4 cm³/mol. The van der Waals surface area contributed by atoms with E-state index in [9.17, 15) is 24.6 Å². The van der Waals surface area contributed by atoms with Crippen molar-refractivity contribution < 1.29 is 127 Å². The fraction of sp³-hybridized carbons (Fsp3) is 0.850. The molecule has 0 aliphatic rings. The van der Waals surface area contributed by atoms with Crippen LogP contribution in [0, 0.1) is 5.92 Å². The summed E-state index contributed by atoms with van der Waals surface area (Å²) in [5.41, 5.74) is 0. The molecule has 0 aliphatic heterocycles. The molecular weight excluding hydrogens is 398 g/mol. The molecule has 0 rings (SSSR count). The quantitative estimate of drug-likeness (QED) is 0.127. The van der Waals surface area contributed by atoms with Crippen LogP contribution in [0.1, 0.15) is 103 Å². The standard InChI is InChI=1S/C20H36O5.2K/c1-2-3-4-5-6-7-8-9-10-11-12-13-14-15-18(21)17(20(24)25)16-19(22)23;;/h17H,2-16H2,1H3,(H,22,23)(H,24,25);;/q;2*+1/p-2. The van der Waals surface area contributed by atoms with Gasteiger partial charge < -0.3 is 19.8 Å². The summed E-state index contributed by atoms with van der Waals surface area (Å²) in [5, 5.41) is 21.2. The first-order valence-electron chi connectivity index (χ1n) is 9.92. The zero-order valence-electron chi connectivity index (χ0n) is 17.7. The van der Waals surface area contributed by atoms with Crippen molar-refractivity contribution in [2.45, 2.75) is 103 Å². The van der Waals surface area contributed by atoms with Gasteiger partial charge in [0, 0.05) is 18.8 Å². The van der Waals surface area contributed by atoms with E-state index in [0.29, 0.717) is 6.42 Å². The summed E-state index contributed by atoms with van der Waals surface area (Å²) in [6.45, 7) is 2.23. The van der Waals surface area contributed by atoms with Crippen LogP contribution in [0.3, 0.4) is 0 Å². The minimum absolute atomic E-state index is 0. The molecule has 0 aromatic heterocycles. The van der Waals surface area contributed by atoms with Gasteiger partial charge in [0.2, 0.25) is 0 Å². The van der Waals surface area contributed by atoms with Gasteiger partial charge in [0.15, 0.2) is 0 Å². The summed E-state index contributed by atoms with van der Waals surface area (Å²) < 4.78 is 0. The van der Waals surface area contributed by atoms with E-state index in [-0.39, 0.29) is 109 Å². The molecule has 0 aromatic carbocycles. The van der Waals surface area contributed by atoms with E-state index in [1.54, 1.807) is 0 Å². The number of rotatable bonds is 18. The molecule has 0 N–H and O–H groups in total. The van der Waals surface area contributed by atoms with Crippen LogP contribution in [-0.4, -0.2) is 17.7 Å². The van der Waals surface area contributed by atoms with E-state index in [0.717, 1.165) is 19.3 Å². The van der Waals surface area contributed by atoms with Gasteiger partial charge >= 0.3 is 103 Å². The molecule has 0 bridgehead atoms.